The first kappa shape index (κ1) is 34.2. The number of nitriles is 1. The van der Waals surface area contributed by atoms with Crippen LogP contribution < -0.4 is 4.90 Å². The highest BCUT2D eigenvalue weighted by molar-refractivity contribution is 6.36. The molecule has 0 unspecified atom stereocenters. The normalized spacial score (nSPS) is 12.1. The number of amides is 2. The molecule has 0 N–H and O–H groups in total. The summed E-state index contributed by atoms with van der Waals surface area (Å²) in [7, 11) is 0. The molecule has 58 heavy (non-hydrogen) atoms. The van der Waals surface area contributed by atoms with Crippen molar-refractivity contribution in [2.24, 2.45) is 0 Å². The molecule has 0 fully saturated rings. The summed E-state index contributed by atoms with van der Waals surface area (Å²) in [6.07, 6.45) is 0. The van der Waals surface area contributed by atoms with Gasteiger partial charge in [-0.2, -0.15) is 5.26 Å². The molecule has 0 radical (unpaired) electrons. The predicted octanol–water partition coefficient (Wildman–Crippen LogP) is 12.7. The van der Waals surface area contributed by atoms with Crippen LogP contribution in [0.25, 0.3) is 76.8 Å². The molecule has 6 heteroatoms. The molecule has 1 aromatic heterocycles. The minimum atomic E-state index is -0.412. The molecule has 1 aliphatic heterocycles. The molecule has 0 bridgehead atoms. The van der Waals surface area contributed by atoms with Gasteiger partial charge in [-0.3, -0.25) is 9.59 Å². The van der Waals surface area contributed by atoms with Crippen LogP contribution in [0.2, 0.25) is 0 Å². The van der Waals surface area contributed by atoms with Crippen LogP contribution in [0.3, 0.4) is 0 Å². The van der Waals surface area contributed by atoms with Crippen molar-refractivity contribution in [2.75, 3.05) is 4.90 Å². The second-order valence-electron chi connectivity index (χ2n) is 14.2. The number of rotatable bonds is 6. The van der Waals surface area contributed by atoms with Gasteiger partial charge in [-0.15, -0.1) is 0 Å². The highest BCUT2D eigenvalue weighted by Crippen LogP contribution is 2.45. The van der Waals surface area contributed by atoms with Crippen molar-refractivity contribution in [1.82, 2.24) is 4.57 Å². The zero-order chi connectivity index (χ0) is 39.3. The third-order valence-corrected chi connectivity index (χ3v) is 11.0. The zero-order valence-corrected chi connectivity index (χ0v) is 30.9. The molecular weight excluding hydrogens is 713 g/mol. The minimum Gasteiger partial charge on any atom is -0.307 e. The van der Waals surface area contributed by atoms with E-state index < -0.39 is 11.8 Å². The van der Waals surface area contributed by atoms with Gasteiger partial charge in [-0.05, 0) is 75.8 Å². The summed E-state index contributed by atoms with van der Waals surface area (Å²) in [6.45, 7) is 7.54. The van der Waals surface area contributed by atoms with Crippen LogP contribution in [-0.2, 0) is 0 Å². The van der Waals surface area contributed by atoms with Crippen LogP contribution in [0.15, 0.2) is 182 Å². The van der Waals surface area contributed by atoms with E-state index in [1.54, 1.807) is 18.2 Å². The van der Waals surface area contributed by atoms with E-state index in [0.29, 0.717) is 33.8 Å². The number of hydrogen-bond donors (Lipinski definition) is 0. The van der Waals surface area contributed by atoms with Crippen molar-refractivity contribution in [1.29, 1.82) is 5.26 Å². The molecule has 6 nitrogen and oxygen atoms in total. The van der Waals surface area contributed by atoms with E-state index in [-0.39, 0.29) is 0 Å². The molecule has 10 rings (SSSR count). The van der Waals surface area contributed by atoms with Crippen LogP contribution in [0.5, 0.6) is 0 Å². The second-order valence-corrected chi connectivity index (χ2v) is 14.2. The number of carbonyl (C=O) groups is 2. The van der Waals surface area contributed by atoms with Crippen molar-refractivity contribution in [3.63, 3.8) is 0 Å². The van der Waals surface area contributed by atoms with Crippen LogP contribution in [0.1, 0.15) is 26.3 Å². The van der Waals surface area contributed by atoms with Gasteiger partial charge in [0.1, 0.15) is 0 Å². The van der Waals surface area contributed by atoms with Gasteiger partial charge in [0.05, 0.1) is 51.7 Å². The topological polar surface area (TPSA) is 70.5 Å². The molecular formula is C52H30N4O2. The van der Waals surface area contributed by atoms with Gasteiger partial charge in [0, 0.05) is 21.9 Å². The van der Waals surface area contributed by atoms with Gasteiger partial charge in [0.15, 0.2) is 5.69 Å². The van der Waals surface area contributed by atoms with E-state index in [2.05, 4.69) is 39.7 Å². The smallest absolute Gasteiger partial charge is 0.268 e. The predicted molar refractivity (Wildman–Crippen MR) is 231 cm³/mol. The van der Waals surface area contributed by atoms with Crippen LogP contribution in [0.4, 0.5) is 11.4 Å². The molecule has 1 aliphatic rings. The number of imide groups is 1. The van der Waals surface area contributed by atoms with Crippen LogP contribution >= 0.6 is 0 Å². The van der Waals surface area contributed by atoms with E-state index in [1.165, 1.54) is 4.90 Å². The molecule has 2 amide bonds. The monoisotopic (exact) mass is 742 g/mol. The maximum Gasteiger partial charge on any atom is 0.268 e. The SMILES string of the molecule is [C-]#[N+]c1ccc(-c2cccc3c4cccc(-c5ccc(C#N)cc5)c4n(-c4cccc5c4C(=O)N(c4cc(-c6ccccc6)cc(-c6ccccc6)c4)C5=O)c23)cc1. The van der Waals surface area contributed by atoms with Gasteiger partial charge < -0.3 is 4.57 Å². The Morgan fingerprint density at radius 1 is 0.483 bits per heavy atom. The fourth-order valence-electron chi connectivity index (χ4n) is 8.29. The molecule has 9 aromatic rings. The molecule has 0 aliphatic carbocycles. The first-order chi connectivity index (χ1) is 28.5. The molecule has 270 valence electrons. The number of anilines is 1. The highest BCUT2D eigenvalue weighted by Gasteiger charge is 2.40. The van der Waals surface area contributed by atoms with E-state index in [9.17, 15) is 10.1 Å². The maximum atomic E-state index is 15.2. The molecule has 0 atom stereocenters. The molecule has 0 saturated heterocycles. The van der Waals surface area contributed by atoms with Crippen molar-refractivity contribution < 1.29 is 9.59 Å². The van der Waals surface area contributed by atoms with Crippen LogP contribution in [-0.4, -0.2) is 16.4 Å². The lowest BCUT2D eigenvalue weighted by Crippen LogP contribution is -2.29. The minimum absolute atomic E-state index is 0.311. The Balaban J connectivity index is 1.24. The first-order valence-corrected chi connectivity index (χ1v) is 18.8. The van der Waals surface area contributed by atoms with E-state index in [0.717, 1.165) is 66.3 Å². The second kappa shape index (κ2) is 13.8. The van der Waals surface area contributed by atoms with Gasteiger partial charge in [-0.1, -0.05) is 140 Å². The third-order valence-electron chi connectivity index (χ3n) is 11.0. The average molecular weight is 743 g/mol. The number of fused-ring (bicyclic) bond motifs is 4. The van der Waals surface area contributed by atoms with Crippen molar-refractivity contribution >= 4 is 45.0 Å². The van der Waals surface area contributed by atoms with Crippen molar-refractivity contribution in [3.05, 3.63) is 210 Å². The number of hydrogen-bond acceptors (Lipinski definition) is 3. The molecule has 0 spiro atoms. The Hall–Kier alpha value is -8.32. The van der Waals surface area contributed by atoms with Gasteiger partial charge >= 0.3 is 0 Å². The molecule has 8 aromatic carbocycles. The van der Waals surface area contributed by atoms with Gasteiger partial charge in [-0.25, -0.2) is 9.74 Å². The van der Waals surface area contributed by atoms with Crippen molar-refractivity contribution in [3.8, 4) is 56.3 Å². The van der Waals surface area contributed by atoms with E-state index >= 15 is 4.79 Å². The highest BCUT2D eigenvalue weighted by atomic mass is 16.2. The lowest BCUT2D eigenvalue weighted by Gasteiger charge is -2.18. The number of carbonyl (C=O) groups excluding carboxylic acids is 2. The summed E-state index contributed by atoms with van der Waals surface area (Å²) >= 11 is 0. The number of para-hydroxylation sites is 2. The fourth-order valence-corrected chi connectivity index (χ4v) is 8.29. The first-order valence-electron chi connectivity index (χ1n) is 18.8. The van der Waals surface area contributed by atoms with Gasteiger partial charge in [0.2, 0.25) is 0 Å². The van der Waals surface area contributed by atoms with Crippen LogP contribution in [0, 0.1) is 17.9 Å². The zero-order valence-electron chi connectivity index (χ0n) is 30.9. The average Bonchev–Trinajstić information content (AvgIpc) is 3.77. The Morgan fingerprint density at radius 3 is 1.53 bits per heavy atom. The quantitative estimate of drug-likeness (QED) is 0.126. The standard InChI is InChI=1S/C52H30N4O2/c1-54-40-27-25-37(26-28-40)43-16-9-18-45-44-17-8-15-42(36-23-21-33(32-53)22-24-36)49(44)56(50(43)45)47-20-10-19-46-48(47)52(58)55(51(46)57)41-30-38(34-11-4-2-5-12-34)29-39(31-41)35-13-6-3-7-14-35/h2-31H. The molecule has 2 heterocycles. The lowest BCUT2D eigenvalue weighted by atomic mass is 9.97. The van der Waals surface area contributed by atoms with E-state index in [4.69, 9.17) is 6.57 Å². The summed E-state index contributed by atoms with van der Waals surface area (Å²) in [5.41, 5.74) is 11.8. The number of nitrogens with zero attached hydrogens (tertiary/aromatic N) is 4. The summed E-state index contributed by atoms with van der Waals surface area (Å²) in [5.74, 6) is -0.807. The summed E-state index contributed by atoms with van der Waals surface area (Å²) in [5, 5.41) is 11.5. The summed E-state index contributed by atoms with van der Waals surface area (Å²) < 4.78 is 2.12. The summed E-state index contributed by atoms with van der Waals surface area (Å²) in [4.78, 5) is 34.8. The number of aromatic nitrogens is 1. The fraction of sp³-hybridized carbons (Fsp3) is 0. The summed E-state index contributed by atoms with van der Waals surface area (Å²) in [6, 6.07) is 60.8. The third kappa shape index (κ3) is 5.48. The Bertz CT molecular complexity index is 3030. The van der Waals surface area contributed by atoms with Gasteiger partial charge in [0.25, 0.3) is 11.8 Å². The Labute approximate surface area is 334 Å². The Kier molecular flexibility index (Phi) is 8.11. The number of benzene rings is 8. The lowest BCUT2D eigenvalue weighted by molar-refractivity contribution is 0.0926. The van der Waals surface area contributed by atoms with E-state index in [1.807, 2.05) is 140 Å². The molecule has 0 saturated carbocycles. The van der Waals surface area contributed by atoms with Crippen molar-refractivity contribution in [2.45, 2.75) is 0 Å². The Morgan fingerprint density at radius 2 is 1.00 bits per heavy atom. The largest absolute Gasteiger partial charge is 0.307 e. The maximum absolute atomic E-state index is 15.2.